The molecule has 3 saturated carbocycles. The molecule has 2 saturated heterocycles. The summed E-state index contributed by atoms with van der Waals surface area (Å²) in [6, 6.07) is -0.379. The van der Waals surface area contributed by atoms with Crippen LogP contribution in [-0.4, -0.2) is 73.5 Å². The lowest BCUT2D eigenvalue weighted by Crippen LogP contribution is -2.66. The predicted molar refractivity (Wildman–Crippen MR) is 138 cm³/mol. The van der Waals surface area contributed by atoms with Gasteiger partial charge in [-0.05, 0) is 75.7 Å². The normalized spacial score (nSPS) is 33.0. The molecule has 6 rings (SSSR count). The van der Waals surface area contributed by atoms with E-state index in [1.54, 1.807) is 11.9 Å². The summed E-state index contributed by atoms with van der Waals surface area (Å²) < 4.78 is 2.42. The minimum atomic E-state index is -0.789. The molecule has 0 unspecified atom stereocenters. The van der Waals surface area contributed by atoms with Crippen LogP contribution < -0.4 is 22.3 Å². The number of nitrogen functional groups attached to an aromatic ring is 1. The number of nitrogens with one attached hydrogen (secondary N) is 2. The summed E-state index contributed by atoms with van der Waals surface area (Å²) >= 11 is 0. The zero-order chi connectivity index (χ0) is 27.0. The Bertz CT molecular complexity index is 1310. The van der Waals surface area contributed by atoms with Gasteiger partial charge in [-0.3, -0.25) is 29.0 Å². The quantitative estimate of drug-likeness (QED) is 0.240. The Morgan fingerprint density at radius 2 is 1.74 bits per heavy atom. The van der Waals surface area contributed by atoms with Crippen molar-refractivity contribution in [2.24, 2.45) is 17.1 Å². The summed E-state index contributed by atoms with van der Waals surface area (Å²) in [6.07, 6.45) is 7.77. The highest BCUT2D eigenvalue weighted by Crippen LogP contribution is 2.62. The van der Waals surface area contributed by atoms with E-state index in [-0.39, 0.29) is 40.9 Å². The zero-order valence-electron chi connectivity index (χ0n) is 21.9. The molecule has 206 valence electrons. The second-order valence-corrected chi connectivity index (χ2v) is 12.3. The molecule has 0 radical (unpaired) electrons. The number of imide groups is 1. The van der Waals surface area contributed by atoms with Crippen molar-refractivity contribution in [2.75, 3.05) is 20.1 Å². The van der Waals surface area contributed by atoms with Gasteiger partial charge in [0.2, 0.25) is 5.88 Å². The van der Waals surface area contributed by atoms with Gasteiger partial charge in [0.15, 0.2) is 0 Å². The SMILES string of the molecule is CN1C(=O)N(C[C@H]2CCN2)C2(CC3(CCC(n4c(=O)c(C(=N)N)c(O)n(CC5CCC5)c4=O)CC3)C2)C1=O. The van der Waals surface area contributed by atoms with Crippen LogP contribution in [-0.2, 0) is 11.3 Å². The molecule has 1 atom stereocenters. The van der Waals surface area contributed by atoms with Crippen molar-refractivity contribution in [2.45, 2.75) is 88.4 Å². The average Bonchev–Trinajstić information content (AvgIpc) is 2.96. The number of likely N-dealkylation sites (N-methyl/N-ethyl adjacent to an activating group) is 1. The van der Waals surface area contributed by atoms with Crippen molar-refractivity contribution >= 4 is 17.8 Å². The fourth-order valence-electron chi connectivity index (χ4n) is 7.53. The third-order valence-corrected chi connectivity index (χ3v) is 10.1. The minimum absolute atomic E-state index is 0.113. The van der Waals surface area contributed by atoms with Crippen LogP contribution in [0.1, 0.15) is 75.8 Å². The number of aromatic nitrogens is 2. The molecule has 1 aromatic heterocycles. The van der Waals surface area contributed by atoms with Gasteiger partial charge in [0, 0.05) is 32.2 Å². The molecule has 5 aliphatic rings. The maximum absolute atomic E-state index is 13.5. The van der Waals surface area contributed by atoms with Crippen molar-refractivity contribution in [1.82, 2.24) is 24.3 Å². The standard InChI is InChI=1S/C26H37N7O5/c1-30-22(36)26(32(23(30)37)12-16-7-10-29-16)13-25(14-26)8-5-17(6-9-25)33-21(35)18(19(27)28)20(34)31(24(33)38)11-15-3-2-4-15/h15-17,29,34H,2-14H2,1H3,(H3,27,28)/t16-,17?,25?,26?/m1/s1. The molecular formula is C26H37N7O5. The topological polar surface area (TPSA) is 167 Å². The first kappa shape index (κ1) is 25.1. The molecule has 3 heterocycles. The number of nitrogens with two attached hydrogens (primary N) is 1. The predicted octanol–water partition coefficient (Wildman–Crippen LogP) is 0.690. The van der Waals surface area contributed by atoms with Crippen molar-refractivity contribution < 1.29 is 14.7 Å². The number of nitrogens with zero attached hydrogens (tertiary/aromatic N) is 4. The molecule has 0 bridgehead atoms. The molecule has 2 spiro atoms. The van der Waals surface area contributed by atoms with E-state index in [4.69, 9.17) is 11.1 Å². The molecule has 3 aliphatic carbocycles. The van der Waals surface area contributed by atoms with Crippen LogP contribution in [0.15, 0.2) is 9.59 Å². The van der Waals surface area contributed by atoms with Gasteiger partial charge in [-0.15, -0.1) is 0 Å². The van der Waals surface area contributed by atoms with Gasteiger partial charge in [0.25, 0.3) is 11.5 Å². The first-order valence-electron chi connectivity index (χ1n) is 13.8. The van der Waals surface area contributed by atoms with Crippen molar-refractivity contribution in [3.8, 4) is 5.88 Å². The number of hydrogen-bond acceptors (Lipinski definition) is 7. The number of amidine groups is 1. The summed E-state index contributed by atoms with van der Waals surface area (Å²) in [4.78, 5) is 55.9. The van der Waals surface area contributed by atoms with Gasteiger partial charge in [-0.2, -0.15) is 0 Å². The Hall–Kier alpha value is -3.15. The van der Waals surface area contributed by atoms with Crippen molar-refractivity contribution in [3.05, 3.63) is 26.4 Å². The molecule has 12 heteroatoms. The largest absolute Gasteiger partial charge is 0.494 e. The van der Waals surface area contributed by atoms with E-state index in [0.29, 0.717) is 38.8 Å². The van der Waals surface area contributed by atoms with E-state index in [1.165, 1.54) is 14.0 Å². The lowest BCUT2D eigenvalue weighted by atomic mass is 9.51. The van der Waals surface area contributed by atoms with Crippen LogP contribution in [0.4, 0.5) is 4.79 Å². The lowest BCUT2D eigenvalue weighted by molar-refractivity contribution is -0.150. The maximum Gasteiger partial charge on any atom is 0.334 e. The fraction of sp³-hybridized carbons (Fsp3) is 0.731. The second-order valence-electron chi connectivity index (χ2n) is 12.3. The first-order chi connectivity index (χ1) is 18.1. The Labute approximate surface area is 220 Å². The number of carbonyl (C=O) groups is 2. The van der Waals surface area contributed by atoms with E-state index in [1.807, 2.05) is 0 Å². The van der Waals surface area contributed by atoms with E-state index < -0.39 is 28.5 Å². The molecule has 5 fully saturated rings. The van der Waals surface area contributed by atoms with Gasteiger partial charge < -0.3 is 21.1 Å². The number of hydrogen-bond donors (Lipinski definition) is 4. The van der Waals surface area contributed by atoms with Crippen LogP contribution >= 0.6 is 0 Å². The fourth-order valence-corrected chi connectivity index (χ4v) is 7.53. The molecule has 2 aliphatic heterocycles. The maximum atomic E-state index is 13.5. The van der Waals surface area contributed by atoms with Crippen LogP contribution in [0, 0.1) is 16.7 Å². The van der Waals surface area contributed by atoms with E-state index in [0.717, 1.165) is 45.1 Å². The van der Waals surface area contributed by atoms with Crippen LogP contribution in [0.2, 0.25) is 0 Å². The zero-order valence-corrected chi connectivity index (χ0v) is 21.9. The Kier molecular flexibility index (Phi) is 5.75. The summed E-state index contributed by atoms with van der Waals surface area (Å²) in [5.74, 6) is -0.938. The average molecular weight is 528 g/mol. The Morgan fingerprint density at radius 1 is 1.08 bits per heavy atom. The molecular weight excluding hydrogens is 490 g/mol. The monoisotopic (exact) mass is 527 g/mol. The Balaban J connectivity index is 1.23. The summed E-state index contributed by atoms with van der Waals surface area (Å²) in [7, 11) is 1.56. The van der Waals surface area contributed by atoms with Gasteiger partial charge in [-0.1, -0.05) is 6.42 Å². The third-order valence-electron chi connectivity index (χ3n) is 10.1. The molecule has 0 aromatic carbocycles. The number of urea groups is 1. The van der Waals surface area contributed by atoms with E-state index in [9.17, 15) is 24.3 Å². The van der Waals surface area contributed by atoms with Crippen LogP contribution in [0.3, 0.4) is 0 Å². The molecule has 12 nitrogen and oxygen atoms in total. The summed E-state index contributed by atoms with van der Waals surface area (Å²) in [5, 5.41) is 21.9. The van der Waals surface area contributed by atoms with Crippen LogP contribution in [0.25, 0.3) is 0 Å². The first-order valence-corrected chi connectivity index (χ1v) is 13.8. The molecule has 1 aromatic rings. The highest BCUT2D eigenvalue weighted by molar-refractivity contribution is 6.07. The van der Waals surface area contributed by atoms with E-state index in [2.05, 4.69) is 5.32 Å². The van der Waals surface area contributed by atoms with Gasteiger partial charge in [0.1, 0.15) is 16.9 Å². The van der Waals surface area contributed by atoms with Crippen LogP contribution in [0.5, 0.6) is 5.88 Å². The van der Waals surface area contributed by atoms with Crippen molar-refractivity contribution in [1.29, 1.82) is 5.41 Å². The smallest absolute Gasteiger partial charge is 0.334 e. The summed E-state index contributed by atoms with van der Waals surface area (Å²) in [5.41, 5.74) is 3.19. The lowest BCUT2D eigenvalue weighted by Gasteiger charge is -2.59. The van der Waals surface area contributed by atoms with Gasteiger partial charge >= 0.3 is 11.7 Å². The molecule has 3 amide bonds. The summed E-state index contributed by atoms with van der Waals surface area (Å²) in [6.45, 7) is 1.77. The Morgan fingerprint density at radius 3 is 2.26 bits per heavy atom. The highest BCUT2D eigenvalue weighted by atomic mass is 16.3. The molecule has 5 N–H and O–H groups in total. The molecule has 38 heavy (non-hydrogen) atoms. The van der Waals surface area contributed by atoms with Gasteiger partial charge in [-0.25, -0.2) is 9.59 Å². The number of amides is 3. The third kappa shape index (κ3) is 3.55. The number of rotatable bonds is 6. The van der Waals surface area contributed by atoms with E-state index >= 15 is 0 Å². The number of aromatic hydroxyl groups is 1. The van der Waals surface area contributed by atoms with Gasteiger partial charge in [0.05, 0.1) is 0 Å². The minimum Gasteiger partial charge on any atom is -0.494 e. The second kappa shape index (κ2) is 8.69. The number of carbonyl (C=O) groups excluding carboxylic acids is 2. The highest BCUT2D eigenvalue weighted by Gasteiger charge is 2.68. The van der Waals surface area contributed by atoms with Crippen molar-refractivity contribution in [3.63, 3.8) is 0 Å².